The van der Waals surface area contributed by atoms with Gasteiger partial charge in [-0.25, -0.2) is 4.68 Å². The van der Waals surface area contributed by atoms with Gasteiger partial charge in [0.05, 0.1) is 23.2 Å². The van der Waals surface area contributed by atoms with Crippen molar-refractivity contribution in [3.8, 4) is 5.69 Å². The molecular weight excluding hydrogens is 250 g/mol. The second-order valence-electron chi connectivity index (χ2n) is 4.01. The van der Waals surface area contributed by atoms with Crippen molar-refractivity contribution < 1.29 is 14.8 Å². The van der Waals surface area contributed by atoms with Gasteiger partial charge in [0.15, 0.2) is 0 Å². The Hall–Kier alpha value is -2.70. The first-order valence-electron chi connectivity index (χ1n) is 5.49. The first kappa shape index (κ1) is 12.7. The van der Waals surface area contributed by atoms with E-state index < -0.39 is 10.9 Å². The number of nitro groups is 1. The summed E-state index contributed by atoms with van der Waals surface area (Å²) >= 11 is 0. The predicted molar refractivity (Wildman–Crippen MR) is 66.3 cm³/mol. The molecule has 0 spiro atoms. The van der Waals surface area contributed by atoms with Gasteiger partial charge in [-0.3, -0.25) is 14.9 Å². The van der Waals surface area contributed by atoms with Gasteiger partial charge in [-0.1, -0.05) is 6.07 Å². The average Bonchev–Trinajstić information content (AvgIpc) is 2.70. The van der Waals surface area contributed by atoms with Crippen LogP contribution < -0.4 is 0 Å². The molecule has 0 fully saturated rings. The van der Waals surface area contributed by atoms with Crippen molar-refractivity contribution in [1.82, 2.24) is 9.78 Å². The van der Waals surface area contributed by atoms with E-state index >= 15 is 0 Å². The van der Waals surface area contributed by atoms with Gasteiger partial charge in [-0.2, -0.15) is 5.10 Å². The molecule has 7 heteroatoms. The number of non-ortho nitro benzene ring substituents is 1. The quantitative estimate of drug-likeness (QED) is 0.667. The SMILES string of the molecule is Cc1c(CC(=O)O)cnn1-c1cccc([N+](=O)[O-])c1. The van der Waals surface area contributed by atoms with Crippen LogP contribution in [0.4, 0.5) is 5.69 Å². The zero-order chi connectivity index (χ0) is 14.0. The zero-order valence-electron chi connectivity index (χ0n) is 10.1. The monoisotopic (exact) mass is 261 g/mol. The van der Waals surface area contributed by atoms with Gasteiger partial charge in [-0.15, -0.1) is 0 Å². The van der Waals surface area contributed by atoms with Crippen molar-refractivity contribution in [2.45, 2.75) is 13.3 Å². The summed E-state index contributed by atoms with van der Waals surface area (Å²) in [5, 5.41) is 23.6. The predicted octanol–water partition coefficient (Wildman–Crippen LogP) is 1.72. The number of carboxylic acid groups (broad SMARTS) is 1. The van der Waals surface area contributed by atoms with Gasteiger partial charge in [0, 0.05) is 23.4 Å². The van der Waals surface area contributed by atoms with Gasteiger partial charge in [0.1, 0.15) is 0 Å². The molecule has 0 aliphatic carbocycles. The van der Waals surface area contributed by atoms with Crippen LogP contribution in [0.1, 0.15) is 11.3 Å². The Morgan fingerprint density at radius 3 is 2.89 bits per heavy atom. The molecule has 7 nitrogen and oxygen atoms in total. The molecule has 0 atom stereocenters. The molecule has 1 aromatic heterocycles. The minimum absolute atomic E-state index is 0.0350. The molecule has 98 valence electrons. The van der Waals surface area contributed by atoms with Crippen molar-refractivity contribution in [2.75, 3.05) is 0 Å². The van der Waals surface area contributed by atoms with Crippen molar-refractivity contribution in [2.24, 2.45) is 0 Å². The van der Waals surface area contributed by atoms with E-state index in [1.54, 1.807) is 19.1 Å². The summed E-state index contributed by atoms with van der Waals surface area (Å²) in [6.45, 7) is 1.73. The van der Waals surface area contributed by atoms with E-state index in [0.29, 0.717) is 16.9 Å². The summed E-state index contributed by atoms with van der Waals surface area (Å²) in [6, 6.07) is 6.02. The van der Waals surface area contributed by atoms with Gasteiger partial charge in [0.2, 0.25) is 0 Å². The van der Waals surface area contributed by atoms with Crippen molar-refractivity contribution in [1.29, 1.82) is 0 Å². The summed E-state index contributed by atoms with van der Waals surface area (Å²) in [4.78, 5) is 20.9. The van der Waals surface area contributed by atoms with E-state index in [0.717, 1.165) is 0 Å². The zero-order valence-corrected chi connectivity index (χ0v) is 10.1. The van der Waals surface area contributed by atoms with Gasteiger partial charge < -0.3 is 5.11 Å². The molecule has 0 saturated heterocycles. The molecular formula is C12H11N3O4. The molecule has 0 amide bonds. The third-order valence-electron chi connectivity index (χ3n) is 2.74. The van der Waals surface area contributed by atoms with Gasteiger partial charge in [0.25, 0.3) is 5.69 Å². The lowest BCUT2D eigenvalue weighted by Gasteiger charge is -2.04. The molecule has 1 heterocycles. The highest BCUT2D eigenvalue weighted by molar-refractivity contribution is 5.70. The molecule has 2 rings (SSSR count). The van der Waals surface area contributed by atoms with E-state index in [1.165, 1.54) is 23.0 Å². The molecule has 0 aliphatic heterocycles. The fourth-order valence-corrected chi connectivity index (χ4v) is 1.78. The van der Waals surface area contributed by atoms with Crippen LogP contribution in [0.2, 0.25) is 0 Å². The molecule has 0 aliphatic rings. The van der Waals surface area contributed by atoms with Crippen LogP contribution in [-0.4, -0.2) is 25.8 Å². The molecule has 1 N–H and O–H groups in total. The lowest BCUT2D eigenvalue weighted by atomic mass is 10.2. The number of nitrogens with zero attached hydrogens (tertiary/aromatic N) is 3. The number of aliphatic carboxylic acids is 1. The van der Waals surface area contributed by atoms with Crippen LogP contribution >= 0.6 is 0 Å². The Morgan fingerprint density at radius 1 is 1.53 bits per heavy atom. The summed E-state index contributed by atoms with van der Waals surface area (Å²) in [5.41, 5.74) is 1.73. The maximum atomic E-state index is 10.7. The highest BCUT2D eigenvalue weighted by Crippen LogP contribution is 2.19. The molecule has 1 aromatic carbocycles. The maximum absolute atomic E-state index is 10.7. The number of carboxylic acids is 1. The van der Waals surface area contributed by atoms with Crippen LogP contribution in [0.3, 0.4) is 0 Å². The van der Waals surface area contributed by atoms with Gasteiger partial charge >= 0.3 is 5.97 Å². The van der Waals surface area contributed by atoms with Crippen molar-refractivity contribution in [3.05, 3.63) is 51.8 Å². The number of benzene rings is 1. The Morgan fingerprint density at radius 2 is 2.26 bits per heavy atom. The smallest absolute Gasteiger partial charge is 0.307 e. The van der Waals surface area contributed by atoms with Crippen molar-refractivity contribution in [3.63, 3.8) is 0 Å². The largest absolute Gasteiger partial charge is 0.481 e. The Kier molecular flexibility index (Phi) is 3.28. The molecule has 2 aromatic rings. The molecule has 0 saturated carbocycles. The van der Waals surface area contributed by atoms with Crippen molar-refractivity contribution >= 4 is 11.7 Å². The van der Waals surface area contributed by atoms with E-state index in [2.05, 4.69) is 5.10 Å². The van der Waals surface area contributed by atoms with E-state index in [9.17, 15) is 14.9 Å². The maximum Gasteiger partial charge on any atom is 0.307 e. The summed E-state index contributed by atoms with van der Waals surface area (Å²) < 4.78 is 1.49. The van der Waals surface area contributed by atoms with Crippen LogP contribution in [0, 0.1) is 17.0 Å². The van der Waals surface area contributed by atoms with E-state index in [1.807, 2.05) is 0 Å². The lowest BCUT2D eigenvalue weighted by molar-refractivity contribution is -0.384. The Labute approximate surface area is 108 Å². The highest BCUT2D eigenvalue weighted by Gasteiger charge is 2.13. The Balaban J connectivity index is 2.42. The third-order valence-corrected chi connectivity index (χ3v) is 2.74. The first-order chi connectivity index (χ1) is 8.99. The number of carbonyl (C=O) groups is 1. The molecule has 0 bridgehead atoms. The van der Waals surface area contributed by atoms with Gasteiger partial charge in [-0.05, 0) is 13.0 Å². The normalized spacial score (nSPS) is 10.4. The third kappa shape index (κ3) is 2.59. The van der Waals surface area contributed by atoms with Crippen LogP contribution in [0.25, 0.3) is 5.69 Å². The summed E-state index contributed by atoms with van der Waals surface area (Å²) in [7, 11) is 0. The lowest BCUT2D eigenvalue weighted by Crippen LogP contribution is -2.03. The number of hydrogen-bond donors (Lipinski definition) is 1. The number of aromatic nitrogens is 2. The Bertz CT molecular complexity index is 648. The van der Waals surface area contributed by atoms with E-state index in [-0.39, 0.29) is 12.1 Å². The highest BCUT2D eigenvalue weighted by atomic mass is 16.6. The van der Waals surface area contributed by atoms with Crippen LogP contribution in [0.15, 0.2) is 30.5 Å². The summed E-state index contributed by atoms with van der Waals surface area (Å²) in [5.74, 6) is -0.943. The molecule has 0 radical (unpaired) electrons. The fourth-order valence-electron chi connectivity index (χ4n) is 1.78. The second-order valence-corrected chi connectivity index (χ2v) is 4.01. The van der Waals surface area contributed by atoms with Crippen LogP contribution in [-0.2, 0) is 11.2 Å². The number of rotatable bonds is 4. The molecule has 19 heavy (non-hydrogen) atoms. The number of hydrogen-bond acceptors (Lipinski definition) is 4. The fraction of sp³-hybridized carbons (Fsp3) is 0.167. The van der Waals surface area contributed by atoms with E-state index in [4.69, 9.17) is 5.11 Å². The standard InChI is InChI=1S/C12H11N3O4/c1-8-9(5-12(16)17)7-13-14(8)10-3-2-4-11(6-10)15(18)19/h2-4,6-7H,5H2,1H3,(H,16,17). The minimum atomic E-state index is -0.943. The minimum Gasteiger partial charge on any atom is -0.481 e. The first-order valence-corrected chi connectivity index (χ1v) is 5.49. The second kappa shape index (κ2) is 4.89. The topological polar surface area (TPSA) is 98.3 Å². The number of nitro benzene ring substituents is 1. The summed E-state index contributed by atoms with van der Waals surface area (Å²) in [6.07, 6.45) is 1.34. The van der Waals surface area contributed by atoms with Crippen LogP contribution in [0.5, 0.6) is 0 Å². The molecule has 0 unspecified atom stereocenters. The average molecular weight is 261 g/mol.